The Labute approximate surface area is 456 Å². The summed E-state index contributed by atoms with van der Waals surface area (Å²) < 4.78 is 0. The van der Waals surface area contributed by atoms with Crippen LogP contribution in [0.3, 0.4) is 0 Å². The number of aliphatic hydroxyl groups excluding tert-OH is 1. The molecule has 34 heteroatoms. The average Bonchev–Trinajstić information content (AvgIpc) is 3.61. The number of carbonyl (C=O) groups is 7. The minimum Gasteiger partial charge on any atom is -0.478 e. The normalized spacial score (nSPS) is 16.5. The highest BCUT2D eigenvalue weighted by atomic mass is 16.6. The molecule has 34 nitrogen and oxygen atoms in total. The molecule has 81 heavy (non-hydrogen) atoms. The molecule has 0 fully saturated rings. The van der Waals surface area contributed by atoms with Crippen molar-refractivity contribution in [3.05, 3.63) is 156 Å². The first-order valence-electron chi connectivity index (χ1n) is 23.5. The third-order valence-electron chi connectivity index (χ3n) is 12.1. The first kappa shape index (κ1) is 58.8. The number of anilines is 1. The molecule has 424 valence electrons. The number of nitrogens with two attached hydrogens (primary N) is 9. The maximum atomic E-state index is 15.0. The summed E-state index contributed by atoms with van der Waals surface area (Å²) in [7, 11) is 0. The predicted octanol–water partition coefficient (Wildman–Crippen LogP) is -5.25. The molecule has 2 aromatic rings. The zero-order chi connectivity index (χ0) is 59.6. The number of carboxylic acids is 1. The van der Waals surface area contributed by atoms with E-state index in [2.05, 4.69) is 30.6 Å². The zero-order valence-corrected chi connectivity index (χ0v) is 42.0. The fourth-order valence-electron chi connectivity index (χ4n) is 8.78. The van der Waals surface area contributed by atoms with Crippen LogP contribution in [0.5, 0.6) is 0 Å². The fourth-order valence-corrected chi connectivity index (χ4v) is 8.78. The van der Waals surface area contributed by atoms with Gasteiger partial charge in [0.25, 0.3) is 35.0 Å². The molecule has 0 aliphatic heterocycles. The van der Waals surface area contributed by atoms with Crippen molar-refractivity contribution < 1.29 is 53.6 Å². The van der Waals surface area contributed by atoms with E-state index in [4.69, 9.17) is 51.6 Å². The van der Waals surface area contributed by atoms with Gasteiger partial charge in [0.15, 0.2) is 23.8 Å². The third kappa shape index (κ3) is 13.9. The van der Waals surface area contributed by atoms with Gasteiger partial charge in [-0.05, 0) is 51.5 Å². The number of aliphatic imine (C=N–C) groups is 4. The van der Waals surface area contributed by atoms with Crippen LogP contribution >= 0.6 is 0 Å². The standard InChI is InChI=1S/C47H53N21O13/c48-33(70)34(62-44(49)50)58-40(73)36(64-46(53)54)60-42(75)37(65-47(55)56)61-41(74)35(63-45(51)52)59-39(72)31(21-6-2-1-3-7-21)57-38(71)28(18-69)66(32-26(43(76)77)15-24(67(78)79)16-27(32)68(80)81)17-23-14-22-10-4-8-19-12-13-20-9-5-11-25(23)30(20)29(19)22/h1-7,9-16,28,30-31,34-37,69H,8,17-18H2,(H2,48,70)(H,57,71)(H,58,73)(H,59,72)(H,60,75)(H,61,74)(H,76,77)(H4,49,50,62)(H4,51,52,63)(H4,53,54,64)(H4,55,56,65). The van der Waals surface area contributed by atoms with Gasteiger partial charge in [0.05, 0.1) is 28.1 Å². The van der Waals surface area contributed by atoms with Gasteiger partial charge >= 0.3 is 5.97 Å². The largest absolute Gasteiger partial charge is 0.478 e. The number of nitrogens with one attached hydrogen (secondary N) is 5. The maximum Gasteiger partial charge on any atom is 0.338 e. The van der Waals surface area contributed by atoms with Crippen LogP contribution in [-0.2, 0) is 28.8 Å². The zero-order valence-electron chi connectivity index (χ0n) is 42.0. The van der Waals surface area contributed by atoms with Crippen molar-refractivity contribution in [1.82, 2.24) is 26.6 Å². The second-order valence-corrected chi connectivity index (χ2v) is 17.5. The van der Waals surface area contributed by atoms with Crippen molar-refractivity contribution in [3.63, 3.8) is 0 Å². The summed E-state index contributed by atoms with van der Waals surface area (Å²) in [4.78, 5) is 134. The molecule has 6 amide bonds. The van der Waals surface area contributed by atoms with Gasteiger partial charge in [0.2, 0.25) is 36.5 Å². The van der Waals surface area contributed by atoms with Crippen LogP contribution in [0.4, 0.5) is 17.1 Å². The van der Waals surface area contributed by atoms with Gasteiger partial charge in [-0.1, -0.05) is 72.9 Å². The van der Waals surface area contributed by atoms with Gasteiger partial charge < -0.3 is 93.3 Å². The van der Waals surface area contributed by atoms with E-state index in [1.54, 1.807) is 18.2 Å². The quantitative estimate of drug-likeness (QED) is 0.0202. The summed E-state index contributed by atoms with van der Waals surface area (Å²) in [5.41, 5.74) is 49.6. The smallest absolute Gasteiger partial charge is 0.338 e. The van der Waals surface area contributed by atoms with Gasteiger partial charge in [-0.2, -0.15) is 0 Å². The topological polar surface area (TPSA) is 593 Å². The molecule has 4 aliphatic carbocycles. The molecular weight excluding hydrogens is 1070 g/mol. The van der Waals surface area contributed by atoms with Crippen LogP contribution in [0.1, 0.15) is 28.4 Å². The van der Waals surface area contributed by atoms with E-state index in [9.17, 15) is 59.2 Å². The summed E-state index contributed by atoms with van der Waals surface area (Å²) in [5.74, 6) is -13.7. The van der Waals surface area contributed by atoms with Crippen LogP contribution < -0.4 is 83.1 Å². The Kier molecular flexibility index (Phi) is 18.2. The number of aliphatic hydroxyl groups is 1. The molecule has 6 rings (SSSR count). The molecule has 7 atom stereocenters. The number of allylic oxidation sites excluding steroid dienone is 12. The van der Waals surface area contributed by atoms with Gasteiger partial charge in [-0.25, -0.2) is 24.8 Å². The van der Waals surface area contributed by atoms with Crippen LogP contribution in [0.2, 0.25) is 0 Å². The van der Waals surface area contributed by atoms with Crippen molar-refractivity contribution >= 4 is 82.3 Å². The molecule has 0 radical (unpaired) electrons. The molecule has 0 saturated heterocycles. The Morgan fingerprint density at radius 1 is 0.679 bits per heavy atom. The molecular formula is C47H53N21O13. The van der Waals surface area contributed by atoms with E-state index >= 15 is 4.79 Å². The number of non-ortho nitro benzene ring substituents is 1. The van der Waals surface area contributed by atoms with Gasteiger partial charge in [-0.15, -0.1) is 0 Å². The minimum atomic E-state index is -2.27. The Bertz CT molecular complexity index is 3290. The van der Waals surface area contributed by atoms with E-state index in [1.165, 1.54) is 30.3 Å². The number of hydrogen-bond acceptors (Lipinski definition) is 17. The highest BCUT2D eigenvalue weighted by Crippen LogP contribution is 2.49. The Balaban J connectivity index is 1.38. The Hall–Kier alpha value is -11.5. The Morgan fingerprint density at radius 2 is 1.22 bits per heavy atom. The number of carboxylic acid groups (broad SMARTS) is 1. The lowest BCUT2D eigenvalue weighted by atomic mass is 9.67. The van der Waals surface area contributed by atoms with Crippen molar-refractivity contribution in [1.29, 1.82) is 0 Å². The lowest BCUT2D eigenvalue weighted by Crippen LogP contribution is -2.58. The molecule has 2 aromatic carbocycles. The van der Waals surface area contributed by atoms with Crippen molar-refractivity contribution in [2.75, 3.05) is 18.1 Å². The second kappa shape index (κ2) is 25.1. The first-order chi connectivity index (χ1) is 38.3. The molecule has 0 spiro atoms. The van der Waals surface area contributed by atoms with Gasteiger partial charge in [0.1, 0.15) is 17.8 Å². The number of benzene rings is 2. The SMILES string of the molecule is NC(=O)C(N=C(N)N)NC(=O)C(N=C(N)N)NC(=O)C(N=C(N)N)NC(=O)C(N=C(N)N)NC(=O)C(NC(=O)C(CO)N(CC1=CC2=C3C(=CC=C4C=CC=C1C43)CC=C2)c1c(C(=O)O)cc([N+](=O)[O-])cc1[N+](=O)[O-])c1ccccc1. The second-order valence-electron chi connectivity index (χ2n) is 17.5. The van der Waals surface area contributed by atoms with Crippen molar-refractivity contribution in [2.45, 2.75) is 43.2 Å². The number of guanidine groups is 4. The summed E-state index contributed by atoms with van der Waals surface area (Å²) in [6.45, 7) is -1.84. The highest BCUT2D eigenvalue weighted by molar-refractivity contribution is 6.02. The summed E-state index contributed by atoms with van der Waals surface area (Å²) >= 11 is 0. The maximum absolute atomic E-state index is 15.0. The number of carbonyl (C=O) groups excluding carboxylic acids is 6. The van der Waals surface area contributed by atoms with E-state index < -0.39 is 148 Å². The minimum absolute atomic E-state index is 0.0404. The van der Waals surface area contributed by atoms with E-state index in [1.807, 2.05) is 46.3 Å². The van der Waals surface area contributed by atoms with Crippen molar-refractivity contribution in [3.8, 4) is 0 Å². The molecule has 0 saturated carbocycles. The number of primary amides is 1. The van der Waals surface area contributed by atoms with E-state index in [0.717, 1.165) is 27.2 Å². The number of hydrogen-bond donors (Lipinski definition) is 16. The number of rotatable bonds is 24. The Morgan fingerprint density at radius 3 is 1.73 bits per heavy atom. The van der Waals surface area contributed by atoms with E-state index in [-0.39, 0.29) is 11.5 Å². The molecule has 4 aliphatic rings. The number of nitro benzene ring substituents is 2. The average molecular weight is 1120 g/mol. The lowest BCUT2D eigenvalue weighted by molar-refractivity contribution is -0.393. The van der Waals surface area contributed by atoms with Crippen molar-refractivity contribution in [2.24, 2.45) is 77.5 Å². The highest BCUT2D eigenvalue weighted by Gasteiger charge is 2.42. The molecule has 25 N–H and O–H groups in total. The number of amides is 6. The van der Waals surface area contributed by atoms with Crippen LogP contribution in [0.25, 0.3) is 0 Å². The summed E-state index contributed by atoms with van der Waals surface area (Å²) in [5, 5.41) is 57.5. The summed E-state index contributed by atoms with van der Waals surface area (Å²) in [6, 6.07) is 4.07. The number of nitrogens with zero attached hydrogens (tertiary/aromatic N) is 7. The van der Waals surface area contributed by atoms with Crippen LogP contribution in [0.15, 0.2) is 144 Å². The molecule has 0 aromatic heterocycles. The fraction of sp³-hybridized carbons (Fsp3) is 0.213. The number of aromatic carboxylic acids is 1. The molecule has 0 bridgehead atoms. The molecule has 0 heterocycles. The lowest BCUT2D eigenvalue weighted by Gasteiger charge is -2.40. The summed E-state index contributed by atoms with van der Waals surface area (Å²) in [6.07, 6.45) is 6.78. The monoisotopic (exact) mass is 1120 g/mol. The van der Waals surface area contributed by atoms with Crippen LogP contribution in [0, 0.1) is 26.1 Å². The van der Waals surface area contributed by atoms with Gasteiger partial charge in [-0.3, -0.25) is 49.0 Å². The molecule has 7 unspecified atom stereocenters. The number of nitro groups is 2. The van der Waals surface area contributed by atoms with Crippen LogP contribution in [-0.4, -0.2) is 129 Å². The van der Waals surface area contributed by atoms with E-state index in [0.29, 0.717) is 29.7 Å². The predicted molar refractivity (Wildman–Crippen MR) is 288 cm³/mol. The van der Waals surface area contributed by atoms with Gasteiger partial charge in [0, 0.05) is 18.5 Å². The third-order valence-corrected chi connectivity index (χ3v) is 12.1. The first-order valence-corrected chi connectivity index (χ1v) is 23.5.